The molecule has 0 aliphatic carbocycles. The number of carbonyl (C=O) groups excluding carboxylic acids is 1. The van der Waals surface area contributed by atoms with Gasteiger partial charge in [0, 0.05) is 19.2 Å². The van der Waals surface area contributed by atoms with Crippen molar-refractivity contribution in [2.24, 2.45) is 5.92 Å². The van der Waals surface area contributed by atoms with Crippen molar-refractivity contribution >= 4 is 11.8 Å². The Hall–Kier alpha value is -2.38. The number of aryl methyl sites for hydroxylation is 1. The zero-order valence-electron chi connectivity index (χ0n) is 13.2. The van der Waals surface area contributed by atoms with Gasteiger partial charge in [-0.3, -0.25) is 5.32 Å². The van der Waals surface area contributed by atoms with Crippen LogP contribution < -0.4 is 10.6 Å². The lowest BCUT2D eigenvalue weighted by molar-refractivity contribution is 0.251. The number of aromatic nitrogens is 5. The van der Waals surface area contributed by atoms with E-state index in [0.717, 1.165) is 13.0 Å². The van der Waals surface area contributed by atoms with Crippen molar-refractivity contribution in [2.75, 3.05) is 11.9 Å². The maximum atomic E-state index is 11.9. The first kappa shape index (κ1) is 16.0. The molecule has 0 aliphatic heterocycles. The first-order valence-corrected chi connectivity index (χ1v) is 7.48. The number of hydrogen-bond acceptors (Lipinski definition) is 4. The highest BCUT2D eigenvalue weighted by Crippen LogP contribution is 2.20. The topological polar surface area (TPSA) is 89.7 Å². The van der Waals surface area contributed by atoms with Gasteiger partial charge >= 0.3 is 6.03 Å². The number of carbonyl (C=O) groups is 1. The summed E-state index contributed by atoms with van der Waals surface area (Å²) in [6.07, 6.45) is 5.82. The van der Waals surface area contributed by atoms with E-state index in [1.807, 2.05) is 9.25 Å². The Kier molecular flexibility index (Phi) is 5.51. The molecule has 0 fully saturated rings. The molecule has 22 heavy (non-hydrogen) atoms. The SMILES string of the molecule is CC(C)[C@H](C)n1nccc1NC(=O)NCCCn1cnnc1. The van der Waals surface area contributed by atoms with Crippen LogP contribution in [0.2, 0.25) is 0 Å². The number of anilines is 1. The van der Waals surface area contributed by atoms with Crippen LogP contribution in [0.25, 0.3) is 0 Å². The van der Waals surface area contributed by atoms with Crippen molar-refractivity contribution < 1.29 is 4.79 Å². The van der Waals surface area contributed by atoms with E-state index < -0.39 is 0 Å². The van der Waals surface area contributed by atoms with E-state index in [4.69, 9.17) is 0 Å². The number of nitrogens with zero attached hydrogens (tertiary/aromatic N) is 5. The molecule has 120 valence electrons. The predicted molar refractivity (Wildman–Crippen MR) is 83.4 cm³/mol. The number of nitrogens with one attached hydrogen (secondary N) is 2. The van der Waals surface area contributed by atoms with E-state index in [-0.39, 0.29) is 12.1 Å². The van der Waals surface area contributed by atoms with Crippen LogP contribution in [0.3, 0.4) is 0 Å². The Balaban J connectivity index is 1.76. The van der Waals surface area contributed by atoms with Gasteiger partial charge in [0.05, 0.1) is 12.2 Å². The number of hydrogen-bond donors (Lipinski definition) is 2. The molecule has 0 saturated carbocycles. The van der Waals surface area contributed by atoms with Gasteiger partial charge in [0.2, 0.25) is 0 Å². The van der Waals surface area contributed by atoms with Gasteiger partial charge in [0.1, 0.15) is 18.5 Å². The number of rotatable bonds is 7. The van der Waals surface area contributed by atoms with Crippen LogP contribution in [0, 0.1) is 5.92 Å². The molecule has 0 radical (unpaired) electrons. The summed E-state index contributed by atoms with van der Waals surface area (Å²) in [4.78, 5) is 11.9. The van der Waals surface area contributed by atoms with Crippen molar-refractivity contribution in [1.82, 2.24) is 29.9 Å². The first-order chi connectivity index (χ1) is 10.6. The van der Waals surface area contributed by atoms with Gasteiger partial charge in [0.25, 0.3) is 0 Å². The molecule has 0 bridgehead atoms. The highest BCUT2D eigenvalue weighted by molar-refractivity contribution is 5.88. The van der Waals surface area contributed by atoms with E-state index in [2.05, 4.69) is 46.7 Å². The van der Waals surface area contributed by atoms with Crippen molar-refractivity contribution in [3.05, 3.63) is 24.9 Å². The van der Waals surface area contributed by atoms with Crippen LogP contribution in [-0.2, 0) is 6.54 Å². The fourth-order valence-electron chi connectivity index (χ4n) is 1.98. The molecule has 2 aromatic rings. The minimum atomic E-state index is -0.221. The molecule has 1 atom stereocenters. The van der Waals surface area contributed by atoms with Gasteiger partial charge in [0.15, 0.2) is 0 Å². The summed E-state index contributed by atoms with van der Waals surface area (Å²) >= 11 is 0. The summed E-state index contributed by atoms with van der Waals surface area (Å²) in [5, 5.41) is 17.4. The van der Waals surface area contributed by atoms with Crippen molar-refractivity contribution in [1.29, 1.82) is 0 Å². The molecule has 2 heterocycles. The second kappa shape index (κ2) is 7.58. The minimum absolute atomic E-state index is 0.221. The Labute approximate surface area is 129 Å². The standard InChI is InChI=1S/C14H23N7O/c1-11(2)12(3)21-13(5-7-18-21)19-14(22)15-6-4-8-20-9-16-17-10-20/h5,7,9-12H,4,6,8H2,1-3H3,(H2,15,19,22)/t12-/m0/s1. The maximum Gasteiger partial charge on any atom is 0.320 e. The molecule has 2 aromatic heterocycles. The van der Waals surface area contributed by atoms with E-state index in [1.54, 1.807) is 24.9 Å². The van der Waals surface area contributed by atoms with Crippen molar-refractivity contribution in [3.63, 3.8) is 0 Å². The third-order valence-electron chi connectivity index (χ3n) is 3.61. The van der Waals surface area contributed by atoms with Crippen LogP contribution in [0.4, 0.5) is 10.6 Å². The molecular formula is C14H23N7O. The summed E-state index contributed by atoms with van der Waals surface area (Å²) in [5.41, 5.74) is 0. The monoisotopic (exact) mass is 305 g/mol. The van der Waals surface area contributed by atoms with E-state index >= 15 is 0 Å². The van der Waals surface area contributed by atoms with Crippen LogP contribution >= 0.6 is 0 Å². The fraction of sp³-hybridized carbons (Fsp3) is 0.571. The van der Waals surface area contributed by atoms with Crippen molar-refractivity contribution in [2.45, 2.75) is 39.8 Å². The summed E-state index contributed by atoms with van der Waals surface area (Å²) in [6.45, 7) is 7.69. The molecule has 0 aromatic carbocycles. The van der Waals surface area contributed by atoms with Gasteiger partial charge in [-0.2, -0.15) is 5.10 Å². The molecule has 0 unspecified atom stereocenters. The highest BCUT2D eigenvalue weighted by atomic mass is 16.2. The molecule has 2 rings (SSSR count). The molecule has 8 nitrogen and oxygen atoms in total. The fourth-order valence-corrected chi connectivity index (χ4v) is 1.98. The maximum absolute atomic E-state index is 11.9. The molecule has 0 aliphatic rings. The second-order valence-electron chi connectivity index (χ2n) is 5.58. The van der Waals surface area contributed by atoms with Crippen molar-refractivity contribution in [3.8, 4) is 0 Å². The second-order valence-corrected chi connectivity index (χ2v) is 5.58. The first-order valence-electron chi connectivity index (χ1n) is 7.48. The zero-order valence-corrected chi connectivity index (χ0v) is 13.2. The van der Waals surface area contributed by atoms with Crippen LogP contribution in [0.5, 0.6) is 0 Å². The average molecular weight is 305 g/mol. The predicted octanol–water partition coefficient (Wildman–Crippen LogP) is 1.90. The molecular weight excluding hydrogens is 282 g/mol. The molecule has 2 N–H and O–H groups in total. The normalized spacial score (nSPS) is 12.4. The average Bonchev–Trinajstić information content (AvgIpc) is 3.14. The van der Waals surface area contributed by atoms with Crippen LogP contribution in [0.1, 0.15) is 33.2 Å². The van der Waals surface area contributed by atoms with Gasteiger partial charge in [-0.25, -0.2) is 9.48 Å². The Bertz CT molecular complexity index is 576. The third-order valence-corrected chi connectivity index (χ3v) is 3.61. The number of urea groups is 1. The lowest BCUT2D eigenvalue weighted by Crippen LogP contribution is -2.31. The van der Waals surface area contributed by atoms with Gasteiger partial charge in [-0.05, 0) is 19.3 Å². The quantitative estimate of drug-likeness (QED) is 0.765. The molecule has 0 spiro atoms. The molecule has 0 saturated heterocycles. The smallest absolute Gasteiger partial charge is 0.320 e. The van der Waals surface area contributed by atoms with E-state index in [1.165, 1.54) is 0 Å². The molecule has 8 heteroatoms. The third kappa shape index (κ3) is 4.31. The minimum Gasteiger partial charge on any atom is -0.338 e. The van der Waals surface area contributed by atoms with Gasteiger partial charge in [-0.1, -0.05) is 13.8 Å². The van der Waals surface area contributed by atoms with E-state index in [9.17, 15) is 4.79 Å². The Morgan fingerprint density at radius 2 is 2.00 bits per heavy atom. The summed E-state index contributed by atoms with van der Waals surface area (Å²) in [6, 6.07) is 1.80. The Morgan fingerprint density at radius 3 is 2.68 bits per heavy atom. The lowest BCUT2D eigenvalue weighted by atomic mass is 10.1. The van der Waals surface area contributed by atoms with Gasteiger partial charge < -0.3 is 9.88 Å². The lowest BCUT2D eigenvalue weighted by Gasteiger charge is -2.19. The number of amides is 2. The van der Waals surface area contributed by atoms with Crippen LogP contribution in [-0.4, -0.2) is 37.1 Å². The molecule has 2 amide bonds. The largest absolute Gasteiger partial charge is 0.338 e. The summed E-state index contributed by atoms with van der Waals surface area (Å²) in [7, 11) is 0. The highest BCUT2D eigenvalue weighted by Gasteiger charge is 2.14. The zero-order chi connectivity index (χ0) is 15.9. The summed E-state index contributed by atoms with van der Waals surface area (Å²) < 4.78 is 3.71. The Morgan fingerprint density at radius 1 is 1.27 bits per heavy atom. The van der Waals surface area contributed by atoms with Crippen LogP contribution in [0.15, 0.2) is 24.9 Å². The van der Waals surface area contributed by atoms with Gasteiger partial charge in [-0.15, -0.1) is 10.2 Å². The van der Waals surface area contributed by atoms with E-state index in [0.29, 0.717) is 18.3 Å². The summed E-state index contributed by atoms with van der Waals surface area (Å²) in [5.74, 6) is 1.14.